The van der Waals surface area contributed by atoms with Crippen molar-refractivity contribution in [3.63, 3.8) is 0 Å². The molecular formula is C13H15BrN2. The summed E-state index contributed by atoms with van der Waals surface area (Å²) in [5, 5.41) is 5.28. The molecule has 0 aliphatic carbocycles. The lowest BCUT2D eigenvalue weighted by Gasteiger charge is -2.15. The van der Waals surface area contributed by atoms with E-state index in [1.165, 1.54) is 11.3 Å². The van der Waals surface area contributed by atoms with E-state index >= 15 is 0 Å². The van der Waals surface area contributed by atoms with Crippen LogP contribution in [0.2, 0.25) is 0 Å². The van der Waals surface area contributed by atoms with Gasteiger partial charge in [-0.1, -0.05) is 46.3 Å². The summed E-state index contributed by atoms with van der Waals surface area (Å²) in [6, 6.07) is 12.6. The Morgan fingerprint density at radius 3 is 2.56 bits per heavy atom. The Hall–Kier alpha value is -1.09. The summed E-state index contributed by atoms with van der Waals surface area (Å²) < 4.78 is 2.05. The van der Waals surface area contributed by atoms with E-state index < -0.39 is 0 Å². The predicted octanol–water partition coefficient (Wildman–Crippen LogP) is 3.37. The molecule has 0 saturated carbocycles. The largest absolute Gasteiger partial charge is 0.269 e. The third kappa shape index (κ3) is 2.53. The molecule has 0 bridgehead atoms. The monoisotopic (exact) mass is 278 g/mol. The zero-order valence-electron chi connectivity index (χ0n) is 9.31. The lowest BCUT2D eigenvalue weighted by molar-refractivity contribution is 0.538. The van der Waals surface area contributed by atoms with Crippen molar-refractivity contribution in [2.24, 2.45) is 0 Å². The van der Waals surface area contributed by atoms with E-state index in [-0.39, 0.29) is 0 Å². The second-order valence-corrected chi connectivity index (χ2v) is 4.56. The molecule has 0 radical (unpaired) electrons. The van der Waals surface area contributed by atoms with E-state index in [2.05, 4.69) is 56.9 Å². The third-order valence-electron chi connectivity index (χ3n) is 2.78. The van der Waals surface area contributed by atoms with Gasteiger partial charge < -0.3 is 0 Å². The maximum Gasteiger partial charge on any atom is 0.0492 e. The van der Waals surface area contributed by atoms with Crippen LogP contribution in [-0.4, -0.2) is 15.1 Å². The van der Waals surface area contributed by atoms with Gasteiger partial charge in [0, 0.05) is 29.7 Å². The summed E-state index contributed by atoms with van der Waals surface area (Å²) >= 11 is 3.58. The first-order valence-electron chi connectivity index (χ1n) is 5.40. The van der Waals surface area contributed by atoms with Crippen molar-refractivity contribution in [3.05, 3.63) is 53.9 Å². The van der Waals surface area contributed by atoms with Crippen LogP contribution < -0.4 is 0 Å². The molecule has 0 aliphatic heterocycles. The molecule has 0 amide bonds. The van der Waals surface area contributed by atoms with Gasteiger partial charge in [-0.3, -0.25) is 4.68 Å². The normalized spacial score (nSPS) is 12.6. The van der Waals surface area contributed by atoms with E-state index in [0.717, 1.165) is 11.9 Å². The van der Waals surface area contributed by atoms with Gasteiger partial charge in [-0.05, 0) is 18.6 Å². The summed E-state index contributed by atoms with van der Waals surface area (Å²) in [6.45, 7) is 3.01. The average molecular weight is 279 g/mol. The van der Waals surface area contributed by atoms with E-state index in [4.69, 9.17) is 0 Å². The molecule has 2 nitrogen and oxygen atoms in total. The number of alkyl halides is 1. The van der Waals surface area contributed by atoms with E-state index in [0.29, 0.717) is 5.92 Å². The standard InChI is InChI=1S/C13H15BrN2/c1-11-7-8-15-16(11)10-13(9-14)12-5-3-2-4-6-12/h2-8,13H,9-10H2,1H3. The summed E-state index contributed by atoms with van der Waals surface area (Å²) in [4.78, 5) is 0. The van der Waals surface area contributed by atoms with Crippen LogP contribution in [0.5, 0.6) is 0 Å². The smallest absolute Gasteiger partial charge is 0.0492 e. The first kappa shape index (κ1) is 11.4. The van der Waals surface area contributed by atoms with Crippen molar-refractivity contribution in [2.45, 2.75) is 19.4 Å². The second kappa shape index (κ2) is 5.30. The molecule has 1 aromatic heterocycles. The van der Waals surface area contributed by atoms with Crippen LogP contribution in [0.15, 0.2) is 42.6 Å². The molecule has 2 aromatic rings. The molecule has 0 N–H and O–H groups in total. The lowest BCUT2D eigenvalue weighted by Crippen LogP contribution is -2.12. The quantitative estimate of drug-likeness (QED) is 0.785. The molecule has 1 unspecified atom stereocenters. The Bertz CT molecular complexity index is 436. The molecule has 2 rings (SSSR count). The van der Waals surface area contributed by atoms with Gasteiger partial charge in [-0.15, -0.1) is 0 Å². The van der Waals surface area contributed by atoms with Gasteiger partial charge in [-0.2, -0.15) is 5.10 Å². The molecule has 0 spiro atoms. The predicted molar refractivity (Wildman–Crippen MR) is 69.9 cm³/mol. The van der Waals surface area contributed by atoms with Crippen LogP contribution in [0.3, 0.4) is 0 Å². The highest BCUT2D eigenvalue weighted by Crippen LogP contribution is 2.20. The minimum atomic E-state index is 0.472. The maximum atomic E-state index is 4.32. The van der Waals surface area contributed by atoms with Crippen molar-refractivity contribution in [1.29, 1.82) is 0 Å². The summed E-state index contributed by atoms with van der Waals surface area (Å²) in [5.41, 5.74) is 2.57. The summed E-state index contributed by atoms with van der Waals surface area (Å²) in [6.07, 6.45) is 1.85. The molecule has 16 heavy (non-hydrogen) atoms. The number of aryl methyl sites for hydroxylation is 1. The number of rotatable bonds is 4. The Morgan fingerprint density at radius 2 is 2.00 bits per heavy atom. The molecule has 0 saturated heterocycles. The number of aromatic nitrogens is 2. The fraction of sp³-hybridized carbons (Fsp3) is 0.308. The zero-order chi connectivity index (χ0) is 11.4. The van der Waals surface area contributed by atoms with Gasteiger partial charge in [0.15, 0.2) is 0 Å². The lowest BCUT2D eigenvalue weighted by atomic mass is 10.0. The Morgan fingerprint density at radius 1 is 1.25 bits per heavy atom. The fourth-order valence-electron chi connectivity index (χ4n) is 1.77. The molecule has 1 atom stereocenters. The van der Waals surface area contributed by atoms with E-state index in [1.807, 2.05) is 18.3 Å². The Balaban J connectivity index is 2.16. The van der Waals surface area contributed by atoms with Crippen LogP contribution in [-0.2, 0) is 6.54 Å². The minimum Gasteiger partial charge on any atom is -0.269 e. The number of hydrogen-bond acceptors (Lipinski definition) is 1. The van der Waals surface area contributed by atoms with Crippen LogP contribution in [0.25, 0.3) is 0 Å². The first-order chi connectivity index (χ1) is 7.81. The third-order valence-corrected chi connectivity index (χ3v) is 3.56. The van der Waals surface area contributed by atoms with Gasteiger partial charge in [0.2, 0.25) is 0 Å². The van der Waals surface area contributed by atoms with Crippen molar-refractivity contribution in [1.82, 2.24) is 9.78 Å². The van der Waals surface area contributed by atoms with Crippen LogP contribution in [0.1, 0.15) is 17.2 Å². The molecule has 1 aromatic carbocycles. The van der Waals surface area contributed by atoms with E-state index in [9.17, 15) is 0 Å². The van der Waals surface area contributed by atoms with Crippen molar-refractivity contribution < 1.29 is 0 Å². The van der Waals surface area contributed by atoms with Crippen molar-refractivity contribution in [3.8, 4) is 0 Å². The second-order valence-electron chi connectivity index (χ2n) is 3.92. The highest BCUT2D eigenvalue weighted by atomic mass is 79.9. The number of halogens is 1. The Labute approximate surface area is 104 Å². The van der Waals surface area contributed by atoms with Crippen molar-refractivity contribution in [2.75, 3.05) is 5.33 Å². The first-order valence-corrected chi connectivity index (χ1v) is 6.52. The number of benzene rings is 1. The van der Waals surface area contributed by atoms with Crippen molar-refractivity contribution >= 4 is 15.9 Å². The average Bonchev–Trinajstić information content (AvgIpc) is 2.73. The molecule has 3 heteroatoms. The maximum absolute atomic E-state index is 4.32. The van der Waals surface area contributed by atoms with Gasteiger partial charge >= 0.3 is 0 Å². The van der Waals surface area contributed by atoms with Crippen LogP contribution >= 0.6 is 15.9 Å². The highest BCUT2D eigenvalue weighted by Gasteiger charge is 2.11. The SMILES string of the molecule is Cc1ccnn1CC(CBr)c1ccccc1. The van der Waals surface area contributed by atoms with Gasteiger partial charge in [-0.25, -0.2) is 0 Å². The number of hydrogen-bond donors (Lipinski definition) is 0. The fourth-order valence-corrected chi connectivity index (χ4v) is 2.35. The van der Waals surface area contributed by atoms with Crippen LogP contribution in [0.4, 0.5) is 0 Å². The number of nitrogens with zero attached hydrogens (tertiary/aromatic N) is 2. The zero-order valence-corrected chi connectivity index (χ0v) is 10.9. The van der Waals surface area contributed by atoms with Gasteiger partial charge in [0.25, 0.3) is 0 Å². The Kier molecular flexibility index (Phi) is 3.78. The van der Waals surface area contributed by atoms with Gasteiger partial charge in [0.1, 0.15) is 0 Å². The minimum absolute atomic E-state index is 0.472. The molecule has 0 fully saturated rings. The molecule has 1 heterocycles. The van der Waals surface area contributed by atoms with Gasteiger partial charge in [0.05, 0.1) is 0 Å². The molecule has 0 aliphatic rings. The molecule has 84 valence electrons. The summed E-state index contributed by atoms with van der Waals surface area (Å²) in [5.74, 6) is 0.472. The highest BCUT2D eigenvalue weighted by molar-refractivity contribution is 9.09. The van der Waals surface area contributed by atoms with Crippen LogP contribution in [0, 0.1) is 6.92 Å². The molecular weight excluding hydrogens is 264 g/mol. The topological polar surface area (TPSA) is 17.8 Å². The van der Waals surface area contributed by atoms with E-state index in [1.54, 1.807) is 0 Å². The summed E-state index contributed by atoms with van der Waals surface area (Å²) in [7, 11) is 0.